The van der Waals surface area contributed by atoms with Crippen LogP contribution >= 0.6 is 11.6 Å². The number of hydrogen-bond acceptors (Lipinski definition) is 4. The van der Waals surface area contributed by atoms with E-state index in [0.717, 1.165) is 12.8 Å². The quantitative estimate of drug-likeness (QED) is 0.836. The molecule has 1 heterocycles. The first-order chi connectivity index (χ1) is 8.19. The van der Waals surface area contributed by atoms with Crippen molar-refractivity contribution < 1.29 is 9.90 Å². The summed E-state index contributed by atoms with van der Waals surface area (Å²) in [5.41, 5.74) is 0.249. The van der Waals surface area contributed by atoms with Crippen LogP contribution in [0.5, 0.6) is 0 Å². The number of nitrogens with zero attached hydrogens (tertiary/aromatic N) is 3. The van der Waals surface area contributed by atoms with Crippen LogP contribution in [0.2, 0.25) is 5.15 Å². The van der Waals surface area contributed by atoms with E-state index in [1.54, 1.807) is 4.90 Å². The number of halogens is 1. The third kappa shape index (κ3) is 4.28. The molecule has 0 atom stereocenters. The number of unbranched alkanes of at least 4 members (excludes halogenated alkanes) is 1. The average Bonchev–Trinajstić information content (AvgIpc) is 2.34. The van der Waals surface area contributed by atoms with Crippen molar-refractivity contribution in [2.45, 2.75) is 19.8 Å². The van der Waals surface area contributed by atoms with Crippen molar-refractivity contribution in [3.63, 3.8) is 0 Å². The van der Waals surface area contributed by atoms with Crippen LogP contribution in [-0.2, 0) is 0 Å². The monoisotopic (exact) mass is 257 g/mol. The Morgan fingerprint density at radius 1 is 1.41 bits per heavy atom. The van der Waals surface area contributed by atoms with Gasteiger partial charge in [-0.25, -0.2) is 9.97 Å². The first-order valence-electron chi connectivity index (χ1n) is 5.56. The van der Waals surface area contributed by atoms with Crippen molar-refractivity contribution in [3.05, 3.63) is 23.2 Å². The Morgan fingerprint density at radius 3 is 2.71 bits per heavy atom. The van der Waals surface area contributed by atoms with Crippen LogP contribution in [0.3, 0.4) is 0 Å². The van der Waals surface area contributed by atoms with E-state index in [-0.39, 0.29) is 23.4 Å². The molecule has 94 valence electrons. The van der Waals surface area contributed by atoms with Gasteiger partial charge in [-0.1, -0.05) is 24.9 Å². The molecule has 17 heavy (non-hydrogen) atoms. The largest absolute Gasteiger partial charge is 0.395 e. The van der Waals surface area contributed by atoms with Gasteiger partial charge >= 0.3 is 0 Å². The van der Waals surface area contributed by atoms with Gasteiger partial charge in [0.05, 0.1) is 19.0 Å². The number of hydrogen-bond donors (Lipinski definition) is 1. The molecule has 5 nitrogen and oxygen atoms in total. The number of aliphatic hydroxyl groups excluding tert-OH is 1. The highest BCUT2D eigenvalue weighted by molar-refractivity contribution is 6.29. The molecular formula is C11H16ClN3O2. The lowest BCUT2D eigenvalue weighted by Gasteiger charge is -2.20. The van der Waals surface area contributed by atoms with Crippen LogP contribution in [0.1, 0.15) is 30.3 Å². The molecule has 1 rings (SSSR count). The minimum absolute atomic E-state index is 0.0591. The Kier molecular flexibility index (Phi) is 5.86. The zero-order valence-corrected chi connectivity index (χ0v) is 10.5. The summed E-state index contributed by atoms with van der Waals surface area (Å²) in [7, 11) is 0. The first kappa shape index (κ1) is 13.9. The average molecular weight is 258 g/mol. The molecule has 0 unspecified atom stereocenters. The van der Waals surface area contributed by atoms with Gasteiger partial charge in [0.25, 0.3) is 5.91 Å². The summed E-state index contributed by atoms with van der Waals surface area (Å²) in [5, 5.41) is 9.18. The normalized spacial score (nSPS) is 10.3. The minimum Gasteiger partial charge on any atom is -0.395 e. The summed E-state index contributed by atoms with van der Waals surface area (Å²) in [6.07, 6.45) is 4.57. The summed E-state index contributed by atoms with van der Waals surface area (Å²) in [5.74, 6) is -0.225. The van der Waals surface area contributed by atoms with Gasteiger partial charge in [-0.3, -0.25) is 4.79 Å². The summed E-state index contributed by atoms with van der Waals surface area (Å²) >= 11 is 5.60. The van der Waals surface area contributed by atoms with Crippen LogP contribution in [-0.4, -0.2) is 45.6 Å². The number of carbonyl (C=O) groups is 1. The van der Waals surface area contributed by atoms with Gasteiger partial charge in [0, 0.05) is 13.1 Å². The molecule has 1 aromatic heterocycles. The second-order valence-electron chi connectivity index (χ2n) is 3.59. The van der Waals surface area contributed by atoms with Crippen molar-refractivity contribution in [1.82, 2.24) is 14.9 Å². The van der Waals surface area contributed by atoms with Crippen LogP contribution in [0, 0.1) is 0 Å². The van der Waals surface area contributed by atoms with E-state index in [0.29, 0.717) is 13.1 Å². The van der Waals surface area contributed by atoms with E-state index in [1.165, 1.54) is 12.4 Å². The predicted octanol–water partition coefficient (Wildman–Crippen LogP) is 1.36. The summed E-state index contributed by atoms with van der Waals surface area (Å²) in [6.45, 7) is 2.91. The smallest absolute Gasteiger partial charge is 0.274 e. The molecule has 0 fully saturated rings. The van der Waals surface area contributed by atoms with Gasteiger partial charge in [0.1, 0.15) is 10.8 Å². The Bertz CT molecular complexity index is 356. The number of rotatable bonds is 6. The van der Waals surface area contributed by atoms with Gasteiger partial charge in [-0.2, -0.15) is 0 Å². The standard InChI is InChI=1S/C11H16ClN3O2/c1-2-3-4-15(5-6-16)11(17)9-7-14-10(12)8-13-9/h7-8,16H,2-6H2,1H3. The van der Waals surface area contributed by atoms with Crippen molar-refractivity contribution in [3.8, 4) is 0 Å². The molecule has 1 N–H and O–H groups in total. The zero-order chi connectivity index (χ0) is 12.7. The Hall–Kier alpha value is -1.20. The van der Waals surface area contributed by atoms with Crippen molar-refractivity contribution in [2.24, 2.45) is 0 Å². The van der Waals surface area contributed by atoms with Gasteiger partial charge in [-0.15, -0.1) is 0 Å². The highest BCUT2D eigenvalue weighted by Gasteiger charge is 2.16. The lowest BCUT2D eigenvalue weighted by molar-refractivity contribution is 0.0713. The predicted molar refractivity (Wildman–Crippen MR) is 64.9 cm³/mol. The van der Waals surface area contributed by atoms with Gasteiger partial charge in [-0.05, 0) is 6.42 Å². The van der Waals surface area contributed by atoms with E-state index < -0.39 is 0 Å². The Balaban J connectivity index is 2.72. The van der Waals surface area contributed by atoms with E-state index in [1.807, 2.05) is 6.92 Å². The number of carbonyl (C=O) groups excluding carboxylic acids is 1. The molecule has 1 amide bonds. The minimum atomic E-state index is -0.225. The van der Waals surface area contributed by atoms with Gasteiger partial charge in [0.2, 0.25) is 0 Å². The molecule has 0 aliphatic carbocycles. The second kappa shape index (κ2) is 7.19. The molecule has 0 saturated carbocycles. The third-order valence-corrected chi connectivity index (χ3v) is 2.47. The van der Waals surface area contributed by atoms with Crippen LogP contribution in [0.15, 0.2) is 12.4 Å². The fourth-order valence-electron chi connectivity index (χ4n) is 1.37. The molecule has 0 saturated heterocycles. The summed E-state index contributed by atoms with van der Waals surface area (Å²) in [4.78, 5) is 21.3. The Labute approximate surface area is 105 Å². The van der Waals surface area contributed by atoms with Crippen LogP contribution < -0.4 is 0 Å². The fourth-order valence-corrected chi connectivity index (χ4v) is 1.47. The van der Waals surface area contributed by atoms with Crippen molar-refractivity contribution >= 4 is 17.5 Å². The highest BCUT2D eigenvalue weighted by atomic mass is 35.5. The van der Waals surface area contributed by atoms with E-state index in [9.17, 15) is 4.79 Å². The molecule has 0 aliphatic heterocycles. The van der Waals surface area contributed by atoms with E-state index in [4.69, 9.17) is 16.7 Å². The molecule has 0 spiro atoms. The topological polar surface area (TPSA) is 66.3 Å². The second-order valence-corrected chi connectivity index (χ2v) is 3.98. The van der Waals surface area contributed by atoms with Crippen LogP contribution in [0.25, 0.3) is 0 Å². The zero-order valence-electron chi connectivity index (χ0n) is 9.77. The van der Waals surface area contributed by atoms with Crippen molar-refractivity contribution in [2.75, 3.05) is 19.7 Å². The van der Waals surface area contributed by atoms with Gasteiger partial charge < -0.3 is 10.0 Å². The van der Waals surface area contributed by atoms with Crippen molar-refractivity contribution in [1.29, 1.82) is 0 Å². The van der Waals surface area contributed by atoms with E-state index >= 15 is 0 Å². The highest BCUT2D eigenvalue weighted by Crippen LogP contribution is 2.05. The maximum absolute atomic E-state index is 12.0. The summed E-state index contributed by atoms with van der Waals surface area (Å²) in [6, 6.07) is 0. The summed E-state index contributed by atoms with van der Waals surface area (Å²) < 4.78 is 0. The van der Waals surface area contributed by atoms with Crippen LogP contribution in [0.4, 0.5) is 0 Å². The SMILES string of the molecule is CCCCN(CCO)C(=O)c1cnc(Cl)cn1. The maximum Gasteiger partial charge on any atom is 0.274 e. The molecule has 0 aromatic carbocycles. The third-order valence-electron chi connectivity index (χ3n) is 2.28. The molecule has 0 aliphatic rings. The fraction of sp³-hybridized carbons (Fsp3) is 0.545. The first-order valence-corrected chi connectivity index (χ1v) is 5.94. The van der Waals surface area contributed by atoms with Gasteiger partial charge in [0.15, 0.2) is 0 Å². The number of aliphatic hydroxyl groups is 1. The van der Waals surface area contributed by atoms with E-state index in [2.05, 4.69) is 9.97 Å². The lowest BCUT2D eigenvalue weighted by Crippen LogP contribution is -2.35. The molecular weight excluding hydrogens is 242 g/mol. The molecule has 0 bridgehead atoms. The molecule has 6 heteroatoms. The molecule has 1 aromatic rings. The Morgan fingerprint density at radius 2 is 2.18 bits per heavy atom. The molecule has 0 radical (unpaired) electrons. The lowest BCUT2D eigenvalue weighted by atomic mass is 10.3. The maximum atomic E-state index is 12.0. The number of amides is 1. The number of aromatic nitrogens is 2.